The van der Waals surface area contributed by atoms with Gasteiger partial charge in [-0.1, -0.05) is 12.1 Å². The summed E-state index contributed by atoms with van der Waals surface area (Å²) in [6, 6.07) is 4.41. The summed E-state index contributed by atoms with van der Waals surface area (Å²) in [5, 5.41) is 19.3. The number of carbonyl (C=O) groups excluding carboxylic acids is 1. The number of nitrogens with zero attached hydrogens (tertiary/aromatic N) is 1. The molecule has 1 heterocycles. The fraction of sp³-hybridized carbons (Fsp3) is 0.133. The first-order valence-corrected chi connectivity index (χ1v) is 6.47. The first-order chi connectivity index (χ1) is 10.8. The molecule has 0 radical (unpaired) electrons. The first kappa shape index (κ1) is 16.1. The molecule has 3 N–H and O–H groups in total. The second-order valence-electron chi connectivity index (χ2n) is 4.65. The van der Waals surface area contributed by atoms with E-state index in [0.29, 0.717) is 5.56 Å². The molecule has 8 nitrogen and oxygen atoms in total. The van der Waals surface area contributed by atoms with Crippen LogP contribution in [0.3, 0.4) is 0 Å². The number of hydrogen-bond donors (Lipinski definition) is 3. The molecule has 0 bridgehead atoms. The summed E-state index contributed by atoms with van der Waals surface area (Å²) in [6.07, 6.45) is 2.45. The number of aromatic nitrogens is 2. The number of nitrogens with one attached hydrogen (secondary N) is 1. The maximum Gasteiger partial charge on any atom is 0.330 e. The van der Waals surface area contributed by atoms with Crippen LogP contribution in [0.1, 0.15) is 15.9 Å². The molecule has 1 aromatic carbocycles. The number of aromatic amines is 1. The largest absolute Gasteiger partial charge is 0.504 e. The SMILES string of the molecule is COc1cc(/C=C/C(=O)c2c(O)n(C)c(=O)[nH]c2=O)ccc1O. The number of ketones is 1. The van der Waals surface area contributed by atoms with E-state index in [4.69, 9.17) is 4.74 Å². The minimum Gasteiger partial charge on any atom is -0.504 e. The van der Waals surface area contributed by atoms with E-state index in [9.17, 15) is 24.6 Å². The highest BCUT2D eigenvalue weighted by atomic mass is 16.5. The number of ether oxygens (including phenoxy) is 1. The predicted octanol–water partition coefficient (Wildman–Crippen LogP) is 0.390. The van der Waals surface area contributed by atoms with Crippen LogP contribution < -0.4 is 16.0 Å². The van der Waals surface area contributed by atoms with E-state index in [2.05, 4.69) is 0 Å². The number of benzene rings is 1. The molecule has 0 amide bonds. The van der Waals surface area contributed by atoms with Crippen molar-refractivity contribution >= 4 is 11.9 Å². The van der Waals surface area contributed by atoms with Crippen LogP contribution in [0.4, 0.5) is 0 Å². The summed E-state index contributed by atoms with van der Waals surface area (Å²) >= 11 is 0. The Hall–Kier alpha value is -3.29. The summed E-state index contributed by atoms with van der Waals surface area (Å²) in [5.41, 5.74) is -1.79. The summed E-state index contributed by atoms with van der Waals surface area (Å²) < 4.78 is 5.70. The molecule has 0 saturated carbocycles. The summed E-state index contributed by atoms with van der Waals surface area (Å²) in [6.45, 7) is 0. The van der Waals surface area contributed by atoms with Crippen molar-refractivity contribution in [3.05, 3.63) is 56.2 Å². The second kappa shape index (κ2) is 6.22. The Labute approximate surface area is 129 Å². The van der Waals surface area contributed by atoms with Crippen molar-refractivity contribution in [1.29, 1.82) is 0 Å². The molecule has 0 unspecified atom stereocenters. The third-order valence-electron chi connectivity index (χ3n) is 3.17. The van der Waals surface area contributed by atoms with Crippen LogP contribution in [0.2, 0.25) is 0 Å². The Morgan fingerprint density at radius 1 is 1.30 bits per heavy atom. The third kappa shape index (κ3) is 3.15. The average Bonchev–Trinajstić information content (AvgIpc) is 2.52. The molecule has 0 saturated heterocycles. The Kier molecular flexibility index (Phi) is 4.35. The highest BCUT2D eigenvalue weighted by Crippen LogP contribution is 2.26. The van der Waals surface area contributed by atoms with Crippen LogP contribution in [0.25, 0.3) is 6.08 Å². The quantitative estimate of drug-likeness (QED) is 0.554. The van der Waals surface area contributed by atoms with E-state index < -0.39 is 28.5 Å². The van der Waals surface area contributed by atoms with Crippen molar-refractivity contribution in [3.8, 4) is 17.4 Å². The Bertz CT molecular complexity index is 907. The third-order valence-corrected chi connectivity index (χ3v) is 3.17. The van der Waals surface area contributed by atoms with Crippen molar-refractivity contribution in [1.82, 2.24) is 9.55 Å². The molecule has 0 fully saturated rings. The smallest absolute Gasteiger partial charge is 0.330 e. The zero-order valence-electron chi connectivity index (χ0n) is 12.4. The Morgan fingerprint density at radius 2 is 2.00 bits per heavy atom. The molecule has 120 valence electrons. The zero-order chi connectivity index (χ0) is 17.1. The second-order valence-corrected chi connectivity index (χ2v) is 4.65. The molecule has 1 aromatic heterocycles. The van der Waals surface area contributed by atoms with Gasteiger partial charge in [-0.3, -0.25) is 19.1 Å². The Morgan fingerprint density at radius 3 is 2.65 bits per heavy atom. The van der Waals surface area contributed by atoms with Gasteiger partial charge in [0.2, 0.25) is 5.88 Å². The van der Waals surface area contributed by atoms with Crippen molar-refractivity contribution in [3.63, 3.8) is 0 Å². The lowest BCUT2D eigenvalue weighted by molar-refractivity contribution is 0.104. The molecule has 2 aromatic rings. The van der Waals surface area contributed by atoms with Crippen LogP contribution in [0, 0.1) is 0 Å². The molecule has 2 rings (SSSR count). The molecule has 0 aliphatic rings. The zero-order valence-corrected chi connectivity index (χ0v) is 12.4. The number of H-pyrrole nitrogens is 1. The van der Waals surface area contributed by atoms with Crippen LogP contribution >= 0.6 is 0 Å². The predicted molar refractivity (Wildman–Crippen MR) is 82.0 cm³/mol. The van der Waals surface area contributed by atoms with E-state index in [-0.39, 0.29) is 11.5 Å². The number of phenolic OH excluding ortho intramolecular Hbond substituents is 1. The molecule has 0 spiro atoms. The molecule has 0 aliphatic carbocycles. The van der Waals surface area contributed by atoms with Gasteiger partial charge in [-0.15, -0.1) is 0 Å². The van der Waals surface area contributed by atoms with Gasteiger partial charge in [0, 0.05) is 7.05 Å². The number of carbonyl (C=O) groups is 1. The van der Waals surface area contributed by atoms with Crippen LogP contribution in [-0.2, 0) is 7.05 Å². The Balaban J connectivity index is 2.38. The molecule has 0 aliphatic heterocycles. The highest BCUT2D eigenvalue weighted by Gasteiger charge is 2.17. The van der Waals surface area contributed by atoms with E-state index in [1.807, 2.05) is 4.98 Å². The summed E-state index contributed by atoms with van der Waals surface area (Å²) in [5.74, 6) is -1.31. The number of methoxy groups -OCH3 is 1. The minimum atomic E-state index is -0.969. The molecule has 23 heavy (non-hydrogen) atoms. The molecule has 8 heteroatoms. The number of allylic oxidation sites excluding steroid dienone is 1. The van der Waals surface area contributed by atoms with Crippen molar-refractivity contribution in [2.45, 2.75) is 0 Å². The van der Waals surface area contributed by atoms with E-state index >= 15 is 0 Å². The van der Waals surface area contributed by atoms with Gasteiger partial charge < -0.3 is 14.9 Å². The number of hydrogen-bond acceptors (Lipinski definition) is 6. The lowest BCUT2D eigenvalue weighted by Gasteiger charge is -2.05. The lowest BCUT2D eigenvalue weighted by atomic mass is 10.1. The topological polar surface area (TPSA) is 122 Å². The van der Waals surface area contributed by atoms with Crippen LogP contribution in [0.15, 0.2) is 33.9 Å². The van der Waals surface area contributed by atoms with Gasteiger partial charge in [0.1, 0.15) is 5.56 Å². The fourth-order valence-corrected chi connectivity index (χ4v) is 1.88. The normalized spacial score (nSPS) is 10.9. The summed E-state index contributed by atoms with van der Waals surface area (Å²) in [7, 11) is 2.61. The molecule has 0 atom stereocenters. The van der Waals surface area contributed by atoms with Crippen molar-refractivity contribution in [2.24, 2.45) is 7.05 Å². The van der Waals surface area contributed by atoms with Gasteiger partial charge in [-0.05, 0) is 23.8 Å². The monoisotopic (exact) mass is 318 g/mol. The van der Waals surface area contributed by atoms with Crippen molar-refractivity contribution < 1.29 is 19.7 Å². The van der Waals surface area contributed by atoms with Crippen molar-refractivity contribution in [2.75, 3.05) is 7.11 Å². The maximum absolute atomic E-state index is 12.1. The highest BCUT2D eigenvalue weighted by molar-refractivity contribution is 6.08. The average molecular weight is 318 g/mol. The standard InChI is InChI=1S/C15H14N2O6/c1-17-14(21)12(13(20)16-15(17)22)10(19)6-4-8-3-5-9(18)11(7-8)23-2/h3-7,18,21H,1-2H3,(H,16,20,22)/b6-4+. The fourth-order valence-electron chi connectivity index (χ4n) is 1.88. The van der Waals surface area contributed by atoms with Crippen LogP contribution in [0.5, 0.6) is 17.4 Å². The van der Waals surface area contributed by atoms with Gasteiger partial charge in [0.05, 0.1) is 7.11 Å². The van der Waals surface area contributed by atoms with E-state index in [1.165, 1.54) is 38.4 Å². The summed E-state index contributed by atoms with van der Waals surface area (Å²) in [4.78, 5) is 37.0. The van der Waals surface area contributed by atoms with E-state index in [1.54, 1.807) is 0 Å². The van der Waals surface area contributed by atoms with Gasteiger partial charge in [0.15, 0.2) is 17.3 Å². The van der Waals surface area contributed by atoms with Crippen LogP contribution in [-0.4, -0.2) is 32.7 Å². The number of rotatable bonds is 4. The molecular weight excluding hydrogens is 304 g/mol. The van der Waals surface area contributed by atoms with E-state index in [0.717, 1.165) is 10.6 Å². The molecular formula is C15H14N2O6. The minimum absolute atomic E-state index is 0.0527. The van der Waals surface area contributed by atoms with Gasteiger partial charge in [0.25, 0.3) is 5.56 Å². The number of aromatic hydroxyl groups is 2. The lowest BCUT2D eigenvalue weighted by Crippen LogP contribution is -2.32. The van der Waals surface area contributed by atoms with Gasteiger partial charge >= 0.3 is 5.69 Å². The van der Waals surface area contributed by atoms with Gasteiger partial charge in [-0.25, -0.2) is 4.79 Å². The number of phenols is 1. The van der Waals surface area contributed by atoms with Gasteiger partial charge in [-0.2, -0.15) is 0 Å². The maximum atomic E-state index is 12.1. The first-order valence-electron chi connectivity index (χ1n) is 6.47.